The molecule has 1 aliphatic rings. The fourth-order valence-electron chi connectivity index (χ4n) is 3.18. The molecular weight excluding hydrogens is 288 g/mol. The molecule has 2 heterocycles. The first-order valence-electron chi connectivity index (χ1n) is 8.41. The smallest absolute Gasteiger partial charge is 0.305 e. The molecule has 0 fully saturated rings. The van der Waals surface area contributed by atoms with E-state index in [0.29, 0.717) is 13.0 Å². The minimum Gasteiger partial charge on any atom is -0.466 e. The van der Waals surface area contributed by atoms with Gasteiger partial charge in [-0.2, -0.15) is 0 Å². The number of H-pyrrole nitrogens is 1. The summed E-state index contributed by atoms with van der Waals surface area (Å²) in [6, 6.07) is 8.44. The number of nitrogens with one attached hydrogen (secondary N) is 1. The Bertz CT molecular complexity index is 702. The van der Waals surface area contributed by atoms with Crippen molar-refractivity contribution < 1.29 is 9.53 Å². The normalized spacial score (nSPS) is 15.6. The van der Waals surface area contributed by atoms with Crippen LogP contribution in [0.25, 0.3) is 16.5 Å². The van der Waals surface area contributed by atoms with Crippen molar-refractivity contribution in [2.75, 3.05) is 26.2 Å². The second-order valence-corrected chi connectivity index (χ2v) is 5.94. The van der Waals surface area contributed by atoms with Crippen LogP contribution in [0.2, 0.25) is 0 Å². The molecule has 4 nitrogen and oxygen atoms in total. The molecule has 4 heteroatoms. The second-order valence-electron chi connectivity index (χ2n) is 5.94. The molecule has 0 unspecified atom stereocenters. The minimum atomic E-state index is -0.0838. The number of aromatic amines is 1. The number of para-hydroxylation sites is 1. The maximum absolute atomic E-state index is 11.4. The summed E-state index contributed by atoms with van der Waals surface area (Å²) in [5, 5.41) is 1.30. The maximum atomic E-state index is 11.4. The van der Waals surface area contributed by atoms with Gasteiger partial charge in [-0.1, -0.05) is 24.3 Å². The standard InChI is InChI=1S/C19H24N2O2/c1-2-23-19(22)8-5-11-21-12-9-15(10-13-21)17-14-20-18-7-4-3-6-16(17)18/h3-4,6-7,9,14,20H,2,5,8,10-13H2,1H3. The summed E-state index contributed by atoms with van der Waals surface area (Å²) >= 11 is 0. The van der Waals surface area contributed by atoms with Crippen LogP contribution in [0.1, 0.15) is 31.7 Å². The van der Waals surface area contributed by atoms with Crippen LogP contribution in [-0.2, 0) is 9.53 Å². The third-order valence-electron chi connectivity index (χ3n) is 4.39. The molecule has 122 valence electrons. The van der Waals surface area contributed by atoms with Crippen molar-refractivity contribution in [2.45, 2.75) is 26.2 Å². The lowest BCUT2D eigenvalue weighted by molar-refractivity contribution is -0.143. The molecule has 0 spiro atoms. The Labute approximate surface area is 137 Å². The molecular formula is C19H24N2O2. The van der Waals surface area contributed by atoms with E-state index in [1.165, 1.54) is 22.0 Å². The molecule has 0 radical (unpaired) electrons. The van der Waals surface area contributed by atoms with Crippen molar-refractivity contribution in [3.05, 3.63) is 42.1 Å². The van der Waals surface area contributed by atoms with Gasteiger partial charge in [-0.05, 0) is 37.9 Å². The third kappa shape index (κ3) is 3.82. The minimum absolute atomic E-state index is 0.0838. The van der Waals surface area contributed by atoms with Crippen LogP contribution in [0.5, 0.6) is 0 Å². The lowest BCUT2D eigenvalue weighted by Crippen LogP contribution is -2.29. The van der Waals surface area contributed by atoms with E-state index < -0.39 is 0 Å². The summed E-state index contributed by atoms with van der Waals surface area (Å²) < 4.78 is 4.97. The zero-order valence-corrected chi connectivity index (χ0v) is 13.7. The van der Waals surface area contributed by atoms with Gasteiger partial charge in [-0.3, -0.25) is 9.69 Å². The highest BCUT2D eigenvalue weighted by atomic mass is 16.5. The van der Waals surface area contributed by atoms with E-state index in [1.54, 1.807) is 0 Å². The number of fused-ring (bicyclic) bond motifs is 1. The molecule has 1 aliphatic heterocycles. The van der Waals surface area contributed by atoms with Gasteiger partial charge in [0.05, 0.1) is 6.61 Å². The summed E-state index contributed by atoms with van der Waals surface area (Å²) in [6.07, 6.45) is 6.89. The van der Waals surface area contributed by atoms with E-state index in [0.717, 1.165) is 32.5 Å². The van der Waals surface area contributed by atoms with Gasteiger partial charge in [0.25, 0.3) is 0 Å². The Balaban J connectivity index is 1.55. The van der Waals surface area contributed by atoms with Gasteiger partial charge in [0.1, 0.15) is 0 Å². The lowest BCUT2D eigenvalue weighted by Gasteiger charge is -2.26. The van der Waals surface area contributed by atoms with Crippen LogP contribution in [0.3, 0.4) is 0 Å². The number of carbonyl (C=O) groups excluding carboxylic acids is 1. The molecule has 0 amide bonds. The largest absolute Gasteiger partial charge is 0.466 e. The van der Waals surface area contributed by atoms with E-state index in [-0.39, 0.29) is 5.97 Å². The van der Waals surface area contributed by atoms with Crippen LogP contribution in [0.15, 0.2) is 36.5 Å². The zero-order chi connectivity index (χ0) is 16.1. The van der Waals surface area contributed by atoms with Crippen LogP contribution >= 0.6 is 0 Å². The molecule has 23 heavy (non-hydrogen) atoms. The highest BCUT2D eigenvalue weighted by molar-refractivity contribution is 5.92. The van der Waals surface area contributed by atoms with Gasteiger partial charge in [-0.15, -0.1) is 0 Å². The SMILES string of the molecule is CCOC(=O)CCCN1CC=C(c2c[nH]c3ccccc23)CC1. The van der Waals surface area contributed by atoms with Gasteiger partial charge in [-0.25, -0.2) is 0 Å². The predicted octanol–water partition coefficient (Wildman–Crippen LogP) is 3.60. The van der Waals surface area contributed by atoms with Gasteiger partial charge >= 0.3 is 5.97 Å². The van der Waals surface area contributed by atoms with Crippen molar-refractivity contribution in [1.82, 2.24) is 9.88 Å². The van der Waals surface area contributed by atoms with E-state index in [2.05, 4.69) is 46.4 Å². The summed E-state index contributed by atoms with van der Waals surface area (Å²) in [7, 11) is 0. The van der Waals surface area contributed by atoms with E-state index >= 15 is 0 Å². The molecule has 1 aromatic carbocycles. The molecule has 1 N–H and O–H groups in total. The number of nitrogens with zero attached hydrogens (tertiary/aromatic N) is 1. The van der Waals surface area contributed by atoms with E-state index in [9.17, 15) is 4.79 Å². The Hall–Kier alpha value is -2.07. The van der Waals surface area contributed by atoms with Crippen molar-refractivity contribution in [1.29, 1.82) is 0 Å². The fraction of sp³-hybridized carbons (Fsp3) is 0.421. The van der Waals surface area contributed by atoms with Crippen molar-refractivity contribution >= 4 is 22.4 Å². The first-order valence-corrected chi connectivity index (χ1v) is 8.41. The van der Waals surface area contributed by atoms with E-state index in [1.807, 2.05) is 6.92 Å². The molecule has 0 atom stereocenters. The first-order chi connectivity index (χ1) is 11.3. The quantitative estimate of drug-likeness (QED) is 0.829. The average Bonchev–Trinajstić information content (AvgIpc) is 3.00. The van der Waals surface area contributed by atoms with E-state index in [4.69, 9.17) is 4.74 Å². The number of carbonyl (C=O) groups is 1. The van der Waals surface area contributed by atoms with Crippen molar-refractivity contribution in [3.63, 3.8) is 0 Å². The third-order valence-corrected chi connectivity index (χ3v) is 4.39. The van der Waals surface area contributed by atoms with Gasteiger partial charge in [0, 0.05) is 42.2 Å². The molecule has 0 bridgehead atoms. The summed E-state index contributed by atoms with van der Waals surface area (Å²) in [6.45, 7) is 5.28. The number of hydrogen-bond acceptors (Lipinski definition) is 3. The number of hydrogen-bond donors (Lipinski definition) is 1. The Kier molecular flexibility index (Phi) is 5.13. The highest BCUT2D eigenvalue weighted by Gasteiger charge is 2.15. The van der Waals surface area contributed by atoms with Gasteiger partial charge in [0.2, 0.25) is 0 Å². The predicted molar refractivity (Wildman–Crippen MR) is 93.2 cm³/mol. The molecule has 1 aromatic heterocycles. The number of esters is 1. The average molecular weight is 312 g/mol. The molecule has 0 saturated heterocycles. The maximum Gasteiger partial charge on any atom is 0.305 e. The summed E-state index contributed by atoms with van der Waals surface area (Å²) in [5.74, 6) is -0.0838. The Morgan fingerprint density at radius 3 is 3.00 bits per heavy atom. The summed E-state index contributed by atoms with van der Waals surface area (Å²) in [5.41, 5.74) is 3.94. The number of rotatable bonds is 6. The van der Waals surface area contributed by atoms with Crippen LogP contribution in [0.4, 0.5) is 0 Å². The van der Waals surface area contributed by atoms with Crippen molar-refractivity contribution in [3.8, 4) is 0 Å². The monoisotopic (exact) mass is 312 g/mol. The number of ether oxygens (including phenoxy) is 1. The van der Waals surface area contributed by atoms with Gasteiger partial charge < -0.3 is 9.72 Å². The molecule has 0 aliphatic carbocycles. The molecule has 3 rings (SSSR count). The Morgan fingerprint density at radius 2 is 2.22 bits per heavy atom. The van der Waals surface area contributed by atoms with Crippen LogP contribution < -0.4 is 0 Å². The first kappa shape index (κ1) is 15.8. The second kappa shape index (κ2) is 7.47. The number of aromatic nitrogens is 1. The lowest BCUT2D eigenvalue weighted by atomic mass is 9.99. The Morgan fingerprint density at radius 1 is 1.35 bits per heavy atom. The fourth-order valence-corrected chi connectivity index (χ4v) is 3.18. The summed E-state index contributed by atoms with van der Waals surface area (Å²) in [4.78, 5) is 17.1. The molecule has 2 aromatic rings. The highest BCUT2D eigenvalue weighted by Crippen LogP contribution is 2.29. The molecule has 0 saturated carbocycles. The topological polar surface area (TPSA) is 45.3 Å². The van der Waals surface area contributed by atoms with Gasteiger partial charge in [0.15, 0.2) is 0 Å². The zero-order valence-electron chi connectivity index (χ0n) is 13.7. The van der Waals surface area contributed by atoms with Crippen LogP contribution in [-0.4, -0.2) is 42.1 Å². The van der Waals surface area contributed by atoms with Crippen LogP contribution in [0, 0.1) is 0 Å². The van der Waals surface area contributed by atoms with Crippen molar-refractivity contribution in [2.24, 2.45) is 0 Å². The number of benzene rings is 1.